The lowest BCUT2D eigenvalue weighted by Gasteiger charge is -2.38. The van der Waals surface area contributed by atoms with Gasteiger partial charge in [-0.05, 0) is 74.9 Å². The van der Waals surface area contributed by atoms with Crippen molar-refractivity contribution in [3.63, 3.8) is 0 Å². The molecule has 29 heavy (non-hydrogen) atoms. The summed E-state index contributed by atoms with van der Waals surface area (Å²) in [6.45, 7) is 23.9. The lowest BCUT2D eigenvalue weighted by molar-refractivity contribution is 0.182. The molecule has 0 bridgehead atoms. The Balaban J connectivity index is 2.79. The third kappa shape index (κ3) is 7.22. The molecule has 1 rings (SSSR count). The van der Waals surface area contributed by atoms with Gasteiger partial charge in [0.1, 0.15) is 0 Å². The van der Waals surface area contributed by atoms with E-state index in [0.29, 0.717) is 11.8 Å². The van der Waals surface area contributed by atoms with Gasteiger partial charge < -0.3 is 9.53 Å². The summed E-state index contributed by atoms with van der Waals surface area (Å²) >= 11 is 0. The molecule has 0 unspecified atom stereocenters. The molecule has 3 heteroatoms. The molecule has 1 aliphatic carbocycles. The number of aliphatic hydroxyl groups is 1. The van der Waals surface area contributed by atoms with Crippen LogP contribution in [0.4, 0.5) is 0 Å². The van der Waals surface area contributed by atoms with Gasteiger partial charge in [-0.2, -0.15) is 0 Å². The average Bonchev–Trinajstić information content (AvgIpc) is 2.93. The number of rotatable bonds is 10. The second kappa shape index (κ2) is 10.6. The van der Waals surface area contributed by atoms with Crippen molar-refractivity contribution in [2.24, 2.45) is 17.3 Å². The summed E-state index contributed by atoms with van der Waals surface area (Å²) in [5, 5.41) is 9.60. The Morgan fingerprint density at radius 1 is 1.24 bits per heavy atom. The zero-order chi connectivity index (χ0) is 22.5. The zero-order valence-corrected chi connectivity index (χ0v) is 22.0. The van der Waals surface area contributed by atoms with E-state index in [1.54, 1.807) is 5.57 Å². The van der Waals surface area contributed by atoms with Gasteiger partial charge in [-0.1, -0.05) is 76.5 Å². The predicted octanol–water partition coefficient (Wildman–Crippen LogP) is 7.67. The number of aliphatic hydroxyl groups excluding tert-OH is 1. The van der Waals surface area contributed by atoms with Crippen molar-refractivity contribution in [2.45, 2.75) is 99.2 Å². The molecule has 0 spiro atoms. The van der Waals surface area contributed by atoms with Crippen molar-refractivity contribution in [1.29, 1.82) is 0 Å². The molecule has 2 atom stereocenters. The maximum absolute atomic E-state index is 9.34. The summed E-state index contributed by atoms with van der Waals surface area (Å²) in [5.74, 6) is 1.39. The molecule has 0 saturated heterocycles. The third-order valence-corrected chi connectivity index (χ3v) is 12.1. The van der Waals surface area contributed by atoms with Gasteiger partial charge in [0.25, 0.3) is 0 Å². The molecule has 0 radical (unpaired) electrons. The Bertz CT molecular complexity index is 619. The number of allylic oxidation sites excluding steroid dienone is 4. The second-order valence-corrected chi connectivity index (χ2v) is 16.1. The van der Waals surface area contributed by atoms with Crippen LogP contribution >= 0.6 is 0 Å². The van der Waals surface area contributed by atoms with E-state index in [1.165, 1.54) is 18.4 Å². The van der Waals surface area contributed by atoms with E-state index in [0.717, 1.165) is 25.0 Å². The molecule has 0 amide bonds. The minimum atomic E-state index is -1.68. The van der Waals surface area contributed by atoms with Crippen molar-refractivity contribution in [2.75, 3.05) is 13.2 Å². The Labute approximate surface area is 182 Å². The Morgan fingerprint density at radius 2 is 1.86 bits per heavy atom. The molecule has 0 aliphatic heterocycles. The van der Waals surface area contributed by atoms with Crippen LogP contribution in [0, 0.1) is 17.3 Å². The van der Waals surface area contributed by atoms with Crippen LogP contribution in [0.2, 0.25) is 18.1 Å². The SMILES string of the molecule is C/C(=C/CC1=CC[C@@H](C(C)C)[C@]1(C)CC/C(C)=C/CO[Si](C)(C)C(C)(C)C)CO. The van der Waals surface area contributed by atoms with E-state index >= 15 is 0 Å². The highest BCUT2D eigenvalue weighted by molar-refractivity contribution is 6.74. The first kappa shape index (κ1) is 26.4. The Morgan fingerprint density at radius 3 is 2.38 bits per heavy atom. The van der Waals surface area contributed by atoms with Crippen LogP contribution in [0.3, 0.4) is 0 Å². The van der Waals surface area contributed by atoms with Gasteiger partial charge in [0.2, 0.25) is 0 Å². The first-order valence-corrected chi connectivity index (χ1v) is 14.4. The maximum atomic E-state index is 9.34. The average molecular weight is 421 g/mol. The molecule has 0 aromatic rings. The first-order chi connectivity index (χ1) is 13.2. The summed E-state index contributed by atoms with van der Waals surface area (Å²) < 4.78 is 6.34. The van der Waals surface area contributed by atoms with E-state index < -0.39 is 8.32 Å². The van der Waals surface area contributed by atoms with Gasteiger partial charge in [0.15, 0.2) is 8.32 Å². The van der Waals surface area contributed by atoms with Crippen molar-refractivity contribution < 1.29 is 9.53 Å². The molecule has 168 valence electrons. The monoisotopic (exact) mass is 420 g/mol. The summed E-state index contributed by atoms with van der Waals surface area (Å²) in [6, 6.07) is 0. The Hall–Kier alpha value is -0.643. The standard InChI is InChI=1S/C26H48O2Si/c1-20(2)24-14-13-23(12-11-22(4)19-27)26(24,8)17-15-21(3)16-18-28-29(9,10)25(5,6)7/h11,13,16,20,24,27H,12,14-15,17-19H2,1-10H3/b21-16+,22-11-/t24-,26+/m0/s1. The third-order valence-electron chi connectivity index (χ3n) is 7.62. The van der Waals surface area contributed by atoms with Crippen molar-refractivity contribution in [3.05, 3.63) is 34.9 Å². The highest BCUT2D eigenvalue weighted by Gasteiger charge is 2.41. The van der Waals surface area contributed by atoms with E-state index in [4.69, 9.17) is 4.43 Å². The second-order valence-electron chi connectivity index (χ2n) is 11.3. The number of hydrogen-bond acceptors (Lipinski definition) is 2. The van der Waals surface area contributed by atoms with Crippen LogP contribution in [0.1, 0.15) is 81.1 Å². The van der Waals surface area contributed by atoms with Crippen molar-refractivity contribution >= 4 is 8.32 Å². The highest BCUT2D eigenvalue weighted by Crippen LogP contribution is 2.52. The van der Waals surface area contributed by atoms with Gasteiger partial charge in [-0.15, -0.1) is 0 Å². The topological polar surface area (TPSA) is 29.5 Å². The molecule has 0 heterocycles. The minimum Gasteiger partial charge on any atom is -0.413 e. The molecule has 1 N–H and O–H groups in total. The largest absolute Gasteiger partial charge is 0.413 e. The Kier molecular flexibility index (Phi) is 9.64. The molecule has 2 nitrogen and oxygen atoms in total. The quantitative estimate of drug-likeness (QED) is 0.290. The fraction of sp³-hybridized carbons (Fsp3) is 0.769. The lowest BCUT2D eigenvalue weighted by Crippen LogP contribution is -2.40. The summed E-state index contributed by atoms with van der Waals surface area (Å²) in [5.41, 5.74) is 4.32. The first-order valence-electron chi connectivity index (χ1n) is 11.5. The summed E-state index contributed by atoms with van der Waals surface area (Å²) in [7, 11) is -1.68. The fourth-order valence-electron chi connectivity index (χ4n) is 4.19. The van der Waals surface area contributed by atoms with E-state index in [-0.39, 0.29) is 17.1 Å². The fourth-order valence-corrected chi connectivity index (χ4v) is 5.12. The molecule has 1 aliphatic rings. The molecular formula is C26H48O2Si. The van der Waals surface area contributed by atoms with Crippen LogP contribution in [0.25, 0.3) is 0 Å². The van der Waals surface area contributed by atoms with Gasteiger partial charge in [-0.3, -0.25) is 0 Å². The van der Waals surface area contributed by atoms with Crippen LogP contribution in [-0.4, -0.2) is 26.6 Å². The van der Waals surface area contributed by atoms with Gasteiger partial charge >= 0.3 is 0 Å². The van der Waals surface area contributed by atoms with Crippen LogP contribution in [0.15, 0.2) is 34.9 Å². The molecule has 0 aromatic carbocycles. The smallest absolute Gasteiger partial charge is 0.192 e. The van der Waals surface area contributed by atoms with E-state index in [2.05, 4.69) is 79.8 Å². The highest BCUT2D eigenvalue weighted by atomic mass is 28.4. The van der Waals surface area contributed by atoms with Crippen LogP contribution in [0.5, 0.6) is 0 Å². The molecular weight excluding hydrogens is 372 g/mol. The van der Waals surface area contributed by atoms with E-state index in [9.17, 15) is 5.11 Å². The van der Waals surface area contributed by atoms with Crippen molar-refractivity contribution in [3.8, 4) is 0 Å². The molecule has 0 aromatic heterocycles. The summed E-state index contributed by atoms with van der Waals surface area (Å²) in [6.07, 6.45) is 11.5. The zero-order valence-electron chi connectivity index (χ0n) is 21.0. The van der Waals surface area contributed by atoms with E-state index in [1.807, 2.05) is 6.92 Å². The van der Waals surface area contributed by atoms with Gasteiger partial charge in [0.05, 0.1) is 13.2 Å². The van der Waals surface area contributed by atoms with Gasteiger partial charge in [0, 0.05) is 0 Å². The molecule has 0 fully saturated rings. The van der Waals surface area contributed by atoms with Crippen LogP contribution < -0.4 is 0 Å². The maximum Gasteiger partial charge on any atom is 0.192 e. The normalized spacial score (nSPS) is 24.4. The summed E-state index contributed by atoms with van der Waals surface area (Å²) in [4.78, 5) is 0. The van der Waals surface area contributed by atoms with Gasteiger partial charge in [-0.25, -0.2) is 0 Å². The minimum absolute atomic E-state index is 0.160. The lowest BCUT2D eigenvalue weighted by atomic mass is 9.67. The predicted molar refractivity (Wildman–Crippen MR) is 131 cm³/mol. The van der Waals surface area contributed by atoms with Crippen LogP contribution in [-0.2, 0) is 4.43 Å². The number of hydrogen-bond donors (Lipinski definition) is 1. The van der Waals surface area contributed by atoms with Crippen molar-refractivity contribution in [1.82, 2.24) is 0 Å². The molecule has 0 saturated carbocycles.